The molecule has 0 heterocycles. The van der Waals surface area contributed by atoms with E-state index < -0.39 is 0 Å². The van der Waals surface area contributed by atoms with Crippen LogP contribution >= 0.6 is 0 Å². The van der Waals surface area contributed by atoms with E-state index in [9.17, 15) is 4.79 Å². The van der Waals surface area contributed by atoms with Crippen LogP contribution in [0.15, 0.2) is 24.3 Å². The van der Waals surface area contributed by atoms with E-state index in [0.717, 1.165) is 25.7 Å². The van der Waals surface area contributed by atoms with Crippen LogP contribution in [0.3, 0.4) is 0 Å². The van der Waals surface area contributed by atoms with Gasteiger partial charge in [0.1, 0.15) is 0 Å². The number of nitrogens with two attached hydrogens (primary N) is 2. The van der Waals surface area contributed by atoms with Gasteiger partial charge < -0.3 is 16.8 Å². The van der Waals surface area contributed by atoms with Crippen LogP contribution in [0.25, 0.3) is 0 Å². The van der Waals surface area contributed by atoms with E-state index in [1.165, 1.54) is 0 Å². The monoisotopic (exact) mass is 233 g/mol. The van der Waals surface area contributed by atoms with E-state index in [2.05, 4.69) is 5.32 Å². The summed E-state index contributed by atoms with van der Waals surface area (Å²) < 4.78 is 0. The second kappa shape index (κ2) is 4.75. The first-order valence-electron chi connectivity index (χ1n) is 6.03. The Morgan fingerprint density at radius 2 is 2.06 bits per heavy atom. The van der Waals surface area contributed by atoms with Gasteiger partial charge in [-0.25, -0.2) is 0 Å². The standard InChI is InChI=1S/C13H19N3O/c14-9-13(6-1-2-7-13)16-12(17)10-4-3-5-11(15)8-10/h3-5,8H,1-2,6-7,9,14-15H2,(H,16,17). The van der Waals surface area contributed by atoms with Crippen LogP contribution in [0, 0.1) is 0 Å². The molecule has 1 saturated carbocycles. The fourth-order valence-electron chi connectivity index (χ4n) is 2.42. The van der Waals surface area contributed by atoms with E-state index >= 15 is 0 Å². The van der Waals surface area contributed by atoms with Gasteiger partial charge >= 0.3 is 0 Å². The molecule has 1 aliphatic carbocycles. The van der Waals surface area contributed by atoms with Gasteiger partial charge in [-0.2, -0.15) is 0 Å². The van der Waals surface area contributed by atoms with Crippen molar-refractivity contribution in [2.24, 2.45) is 5.73 Å². The molecule has 0 radical (unpaired) electrons. The van der Waals surface area contributed by atoms with Crippen LogP contribution in [-0.4, -0.2) is 18.0 Å². The number of amides is 1. The highest BCUT2D eigenvalue weighted by atomic mass is 16.1. The maximum Gasteiger partial charge on any atom is 0.251 e. The average molecular weight is 233 g/mol. The van der Waals surface area contributed by atoms with Crippen molar-refractivity contribution in [1.29, 1.82) is 0 Å². The normalized spacial score (nSPS) is 17.9. The zero-order valence-corrected chi connectivity index (χ0v) is 9.91. The second-order valence-corrected chi connectivity index (χ2v) is 4.77. The van der Waals surface area contributed by atoms with Crippen molar-refractivity contribution < 1.29 is 4.79 Å². The Bertz CT molecular complexity index is 411. The molecule has 0 spiro atoms. The van der Waals surface area contributed by atoms with Crippen molar-refractivity contribution in [3.63, 3.8) is 0 Å². The van der Waals surface area contributed by atoms with Crippen LogP contribution in [0.1, 0.15) is 36.0 Å². The summed E-state index contributed by atoms with van der Waals surface area (Å²) in [5.74, 6) is -0.0790. The minimum absolute atomic E-state index is 0.0790. The molecule has 0 unspecified atom stereocenters. The van der Waals surface area contributed by atoms with E-state index in [1.54, 1.807) is 24.3 Å². The van der Waals surface area contributed by atoms with Crippen molar-refractivity contribution in [3.05, 3.63) is 29.8 Å². The third kappa shape index (κ3) is 2.58. The molecule has 0 bridgehead atoms. The summed E-state index contributed by atoms with van der Waals surface area (Å²) in [6, 6.07) is 7.01. The number of hydrogen-bond donors (Lipinski definition) is 3. The fraction of sp³-hybridized carbons (Fsp3) is 0.462. The molecule has 17 heavy (non-hydrogen) atoms. The van der Waals surface area contributed by atoms with Gasteiger partial charge in [0.05, 0.1) is 5.54 Å². The van der Waals surface area contributed by atoms with Gasteiger partial charge in [-0.15, -0.1) is 0 Å². The summed E-state index contributed by atoms with van der Waals surface area (Å²) in [7, 11) is 0. The summed E-state index contributed by atoms with van der Waals surface area (Å²) in [6.07, 6.45) is 4.21. The highest BCUT2D eigenvalue weighted by Crippen LogP contribution is 2.28. The first-order chi connectivity index (χ1) is 8.15. The number of rotatable bonds is 3. The number of hydrogen-bond acceptors (Lipinski definition) is 3. The van der Waals surface area contributed by atoms with Gasteiger partial charge in [0.15, 0.2) is 0 Å². The quantitative estimate of drug-likeness (QED) is 0.688. The maximum atomic E-state index is 12.1. The number of anilines is 1. The summed E-state index contributed by atoms with van der Waals surface area (Å²) in [4.78, 5) is 12.1. The molecule has 2 rings (SSSR count). The summed E-state index contributed by atoms with van der Waals surface area (Å²) in [5, 5.41) is 3.07. The SMILES string of the molecule is NCC1(NC(=O)c2cccc(N)c2)CCCC1. The maximum absolute atomic E-state index is 12.1. The molecule has 4 heteroatoms. The largest absolute Gasteiger partial charge is 0.399 e. The number of carbonyl (C=O) groups excluding carboxylic acids is 1. The Labute approximate surface area is 101 Å². The minimum atomic E-state index is -0.207. The Kier molecular flexibility index (Phi) is 3.33. The van der Waals surface area contributed by atoms with Crippen molar-refractivity contribution in [1.82, 2.24) is 5.32 Å². The lowest BCUT2D eigenvalue weighted by atomic mass is 9.97. The Morgan fingerprint density at radius 1 is 1.35 bits per heavy atom. The molecule has 92 valence electrons. The van der Waals surface area contributed by atoms with Gasteiger partial charge in [0, 0.05) is 17.8 Å². The van der Waals surface area contributed by atoms with Crippen molar-refractivity contribution in [3.8, 4) is 0 Å². The molecule has 5 N–H and O–H groups in total. The number of benzene rings is 1. The Morgan fingerprint density at radius 3 is 2.65 bits per heavy atom. The topological polar surface area (TPSA) is 81.1 Å². The van der Waals surface area contributed by atoms with Crippen molar-refractivity contribution >= 4 is 11.6 Å². The molecule has 1 aromatic rings. The van der Waals surface area contributed by atoms with Crippen LogP contribution in [0.2, 0.25) is 0 Å². The van der Waals surface area contributed by atoms with E-state index in [4.69, 9.17) is 11.5 Å². The number of nitrogen functional groups attached to an aromatic ring is 1. The van der Waals surface area contributed by atoms with Crippen LogP contribution < -0.4 is 16.8 Å². The molecule has 0 aliphatic heterocycles. The molecular formula is C13H19N3O. The molecule has 1 aliphatic rings. The zero-order chi connectivity index (χ0) is 12.3. The fourth-order valence-corrected chi connectivity index (χ4v) is 2.42. The summed E-state index contributed by atoms with van der Waals surface area (Å²) in [5.41, 5.74) is 12.4. The molecule has 1 aromatic carbocycles. The van der Waals surface area contributed by atoms with Crippen molar-refractivity contribution in [2.75, 3.05) is 12.3 Å². The van der Waals surface area contributed by atoms with Crippen LogP contribution in [0.4, 0.5) is 5.69 Å². The van der Waals surface area contributed by atoms with Gasteiger partial charge in [-0.3, -0.25) is 4.79 Å². The lowest BCUT2D eigenvalue weighted by molar-refractivity contribution is 0.0903. The van der Waals surface area contributed by atoms with Gasteiger partial charge in [0.2, 0.25) is 0 Å². The molecule has 1 fully saturated rings. The lowest BCUT2D eigenvalue weighted by Gasteiger charge is -2.28. The lowest BCUT2D eigenvalue weighted by Crippen LogP contribution is -2.51. The third-order valence-corrected chi connectivity index (χ3v) is 3.48. The van der Waals surface area contributed by atoms with Crippen LogP contribution in [0.5, 0.6) is 0 Å². The predicted octanol–water partition coefficient (Wildman–Crippen LogP) is 1.27. The minimum Gasteiger partial charge on any atom is -0.399 e. The number of nitrogens with one attached hydrogen (secondary N) is 1. The van der Waals surface area contributed by atoms with E-state index in [-0.39, 0.29) is 11.4 Å². The highest BCUT2D eigenvalue weighted by Gasteiger charge is 2.33. The highest BCUT2D eigenvalue weighted by molar-refractivity contribution is 5.95. The first kappa shape index (κ1) is 11.9. The summed E-state index contributed by atoms with van der Waals surface area (Å²) in [6.45, 7) is 0.501. The smallest absolute Gasteiger partial charge is 0.251 e. The Hall–Kier alpha value is -1.55. The molecule has 0 saturated heterocycles. The van der Waals surface area contributed by atoms with Gasteiger partial charge in [0.25, 0.3) is 5.91 Å². The first-order valence-corrected chi connectivity index (χ1v) is 6.03. The Balaban J connectivity index is 2.11. The molecule has 1 amide bonds. The molecule has 4 nitrogen and oxygen atoms in total. The number of carbonyl (C=O) groups is 1. The van der Waals surface area contributed by atoms with Gasteiger partial charge in [-0.05, 0) is 31.0 Å². The van der Waals surface area contributed by atoms with E-state index in [0.29, 0.717) is 17.8 Å². The molecular weight excluding hydrogens is 214 g/mol. The van der Waals surface area contributed by atoms with Gasteiger partial charge in [-0.1, -0.05) is 18.9 Å². The zero-order valence-electron chi connectivity index (χ0n) is 9.91. The third-order valence-electron chi connectivity index (χ3n) is 3.48. The van der Waals surface area contributed by atoms with Crippen molar-refractivity contribution in [2.45, 2.75) is 31.2 Å². The van der Waals surface area contributed by atoms with E-state index in [1.807, 2.05) is 0 Å². The average Bonchev–Trinajstić information content (AvgIpc) is 2.78. The molecule has 0 aromatic heterocycles. The predicted molar refractivity (Wildman–Crippen MR) is 68.6 cm³/mol. The van der Waals surface area contributed by atoms with Crippen LogP contribution in [-0.2, 0) is 0 Å². The molecule has 0 atom stereocenters. The second-order valence-electron chi connectivity index (χ2n) is 4.77. The summed E-state index contributed by atoms with van der Waals surface area (Å²) >= 11 is 0.